The summed E-state index contributed by atoms with van der Waals surface area (Å²) in [6.45, 7) is 0. The Hall–Kier alpha value is -3.63. The number of amides is 1. The van der Waals surface area contributed by atoms with E-state index >= 15 is 0 Å². The lowest BCUT2D eigenvalue weighted by Crippen LogP contribution is -2.13. The molecular weight excluding hydrogens is 356 g/mol. The van der Waals surface area contributed by atoms with Crippen LogP contribution >= 0.6 is 11.6 Å². The number of benzene rings is 2. The molecule has 128 valence electrons. The molecule has 2 N–H and O–H groups in total. The molecule has 0 radical (unpaired) electrons. The van der Waals surface area contributed by atoms with Gasteiger partial charge in [0.2, 0.25) is 0 Å². The number of nitrogens with zero attached hydrogens (tertiary/aromatic N) is 2. The number of para-hydroxylation sites is 1. The monoisotopic (exact) mass is 366 g/mol. The summed E-state index contributed by atoms with van der Waals surface area (Å²) in [5.41, 5.74) is 1.45. The number of rotatable bonds is 4. The maximum absolute atomic E-state index is 12.4. The molecule has 2 aromatic carbocycles. The van der Waals surface area contributed by atoms with Crippen LogP contribution in [0.2, 0.25) is 5.02 Å². The standard InChI is InChI=1S/C18H11ClN4O3/c19-15-8-13(23(25)26)5-6-17(15)22-18(24)11(9-20)7-12-10-21-16-4-2-1-3-14(12)16/h1-8,10,21H,(H,22,24). The summed E-state index contributed by atoms with van der Waals surface area (Å²) in [4.78, 5) is 25.6. The van der Waals surface area contributed by atoms with Gasteiger partial charge in [0.25, 0.3) is 11.6 Å². The fourth-order valence-electron chi connectivity index (χ4n) is 2.43. The van der Waals surface area contributed by atoms with Crippen molar-refractivity contribution in [1.29, 1.82) is 5.26 Å². The van der Waals surface area contributed by atoms with E-state index in [1.807, 2.05) is 30.3 Å². The minimum absolute atomic E-state index is 0.0111. The molecule has 0 spiro atoms. The van der Waals surface area contributed by atoms with Crippen molar-refractivity contribution in [3.05, 3.63) is 74.9 Å². The van der Waals surface area contributed by atoms with Crippen LogP contribution in [0.5, 0.6) is 0 Å². The maximum atomic E-state index is 12.4. The van der Waals surface area contributed by atoms with Crippen molar-refractivity contribution in [1.82, 2.24) is 4.98 Å². The van der Waals surface area contributed by atoms with E-state index in [9.17, 15) is 20.2 Å². The van der Waals surface area contributed by atoms with Crippen LogP contribution in [0.1, 0.15) is 5.56 Å². The predicted molar refractivity (Wildman–Crippen MR) is 98.6 cm³/mol. The molecule has 0 atom stereocenters. The zero-order valence-electron chi connectivity index (χ0n) is 13.2. The molecule has 0 bridgehead atoms. The second-order valence-electron chi connectivity index (χ2n) is 5.33. The summed E-state index contributed by atoms with van der Waals surface area (Å²) in [6, 6.07) is 13.0. The number of H-pyrrole nitrogens is 1. The molecule has 0 aliphatic carbocycles. The molecule has 0 unspecified atom stereocenters. The van der Waals surface area contributed by atoms with E-state index < -0.39 is 10.8 Å². The number of nitro groups is 1. The molecule has 3 aromatic rings. The average molecular weight is 367 g/mol. The van der Waals surface area contributed by atoms with Gasteiger partial charge >= 0.3 is 0 Å². The van der Waals surface area contributed by atoms with Crippen molar-refractivity contribution in [2.24, 2.45) is 0 Å². The van der Waals surface area contributed by atoms with Gasteiger partial charge in [0.05, 0.1) is 15.6 Å². The van der Waals surface area contributed by atoms with Gasteiger partial charge in [-0.05, 0) is 18.2 Å². The molecule has 3 rings (SSSR count). The average Bonchev–Trinajstić information content (AvgIpc) is 3.04. The fourth-order valence-corrected chi connectivity index (χ4v) is 2.65. The van der Waals surface area contributed by atoms with Crippen LogP contribution in [0.25, 0.3) is 17.0 Å². The zero-order chi connectivity index (χ0) is 18.7. The fraction of sp³-hybridized carbons (Fsp3) is 0. The molecule has 0 fully saturated rings. The number of carbonyl (C=O) groups excluding carboxylic acids is 1. The number of non-ortho nitro benzene ring substituents is 1. The molecular formula is C18H11ClN4O3. The van der Waals surface area contributed by atoms with Crippen LogP contribution in [-0.4, -0.2) is 15.8 Å². The van der Waals surface area contributed by atoms with Crippen molar-refractivity contribution in [3.63, 3.8) is 0 Å². The first-order valence-corrected chi connectivity index (χ1v) is 7.80. The minimum Gasteiger partial charge on any atom is -0.361 e. The molecule has 0 aliphatic rings. The normalized spacial score (nSPS) is 11.2. The van der Waals surface area contributed by atoms with Crippen molar-refractivity contribution < 1.29 is 9.72 Å². The number of hydrogen-bond donors (Lipinski definition) is 2. The highest BCUT2D eigenvalue weighted by Crippen LogP contribution is 2.27. The largest absolute Gasteiger partial charge is 0.361 e. The van der Waals surface area contributed by atoms with Crippen LogP contribution < -0.4 is 5.32 Å². The van der Waals surface area contributed by atoms with Gasteiger partial charge < -0.3 is 10.3 Å². The number of carbonyl (C=O) groups is 1. The van der Waals surface area contributed by atoms with Crippen LogP contribution in [0, 0.1) is 21.4 Å². The first-order chi connectivity index (χ1) is 12.5. The molecule has 0 saturated heterocycles. The molecule has 26 heavy (non-hydrogen) atoms. The third kappa shape index (κ3) is 3.41. The van der Waals surface area contributed by atoms with E-state index in [0.717, 1.165) is 17.0 Å². The minimum atomic E-state index is -0.659. The highest BCUT2D eigenvalue weighted by molar-refractivity contribution is 6.34. The molecule has 1 aromatic heterocycles. The summed E-state index contributed by atoms with van der Waals surface area (Å²) in [6.07, 6.45) is 3.17. The SMILES string of the molecule is N#CC(=Cc1c[nH]c2ccccc12)C(=O)Nc1ccc([N+](=O)[O-])cc1Cl. The van der Waals surface area contributed by atoms with Gasteiger partial charge in [-0.15, -0.1) is 0 Å². The van der Waals surface area contributed by atoms with E-state index in [4.69, 9.17) is 11.6 Å². The number of halogens is 1. The Morgan fingerprint density at radius 1 is 1.31 bits per heavy atom. The Morgan fingerprint density at radius 3 is 2.77 bits per heavy atom. The van der Waals surface area contributed by atoms with Gasteiger partial charge in [-0.25, -0.2) is 0 Å². The molecule has 0 saturated carbocycles. The summed E-state index contributed by atoms with van der Waals surface area (Å²) >= 11 is 5.96. The third-order valence-corrected chi connectivity index (χ3v) is 4.01. The third-order valence-electron chi connectivity index (χ3n) is 3.70. The van der Waals surface area contributed by atoms with E-state index in [-0.39, 0.29) is 22.0 Å². The van der Waals surface area contributed by atoms with Gasteiger partial charge in [-0.2, -0.15) is 5.26 Å². The van der Waals surface area contributed by atoms with Gasteiger partial charge in [-0.1, -0.05) is 29.8 Å². The van der Waals surface area contributed by atoms with Crippen LogP contribution in [0.4, 0.5) is 11.4 Å². The van der Waals surface area contributed by atoms with Crippen molar-refractivity contribution in [3.8, 4) is 6.07 Å². The quantitative estimate of drug-likeness (QED) is 0.310. The number of nitrogens with one attached hydrogen (secondary N) is 2. The highest BCUT2D eigenvalue weighted by atomic mass is 35.5. The molecule has 8 heteroatoms. The first kappa shape index (κ1) is 17.2. The molecule has 1 amide bonds. The lowest BCUT2D eigenvalue weighted by atomic mass is 10.1. The van der Waals surface area contributed by atoms with Crippen molar-refractivity contribution >= 4 is 45.9 Å². The van der Waals surface area contributed by atoms with E-state index in [1.165, 1.54) is 18.2 Å². The van der Waals surface area contributed by atoms with Crippen molar-refractivity contribution in [2.45, 2.75) is 0 Å². The van der Waals surface area contributed by atoms with Crippen LogP contribution in [-0.2, 0) is 4.79 Å². The second-order valence-corrected chi connectivity index (χ2v) is 5.74. The Balaban J connectivity index is 1.88. The maximum Gasteiger partial charge on any atom is 0.271 e. The van der Waals surface area contributed by atoms with Gasteiger partial charge in [0, 0.05) is 34.8 Å². The lowest BCUT2D eigenvalue weighted by Gasteiger charge is -2.06. The van der Waals surface area contributed by atoms with Crippen molar-refractivity contribution in [2.75, 3.05) is 5.32 Å². The van der Waals surface area contributed by atoms with Gasteiger partial charge in [0.15, 0.2) is 0 Å². The molecule has 0 aliphatic heterocycles. The summed E-state index contributed by atoms with van der Waals surface area (Å²) in [5.74, 6) is -0.659. The first-order valence-electron chi connectivity index (χ1n) is 7.43. The molecule has 7 nitrogen and oxygen atoms in total. The topological polar surface area (TPSA) is 112 Å². The van der Waals surface area contributed by atoms with E-state index in [0.29, 0.717) is 5.56 Å². The second kappa shape index (κ2) is 7.09. The molecule has 1 heterocycles. The number of fused-ring (bicyclic) bond motifs is 1. The van der Waals surface area contributed by atoms with E-state index in [1.54, 1.807) is 6.20 Å². The number of hydrogen-bond acceptors (Lipinski definition) is 4. The smallest absolute Gasteiger partial charge is 0.271 e. The highest BCUT2D eigenvalue weighted by Gasteiger charge is 2.15. The number of anilines is 1. The summed E-state index contributed by atoms with van der Waals surface area (Å²) in [7, 11) is 0. The number of nitriles is 1. The number of nitro benzene ring substituents is 1. The van der Waals surface area contributed by atoms with Gasteiger partial charge in [-0.3, -0.25) is 14.9 Å². The van der Waals surface area contributed by atoms with Gasteiger partial charge in [0.1, 0.15) is 11.6 Å². The van der Waals surface area contributed by atoms with Crippen LogP contribution in [0.3, 0.4) is 0 Å². The summed E-state index contributed by atoms with van der Waals surface area (Å²) in [5, 5.41) is 23.4. The van der Waals surface area contributed by atoms with E-state index in [2.05, 4.69) is 10.3 Å². The van der Waals surface area contributed by atoms with Crippen LogP contribution in [0.15, 0.2) is 54.2 Å². The number of aromatic nitrogens is 1. The number of aromatic amines is 1. The Kier molecular flexibility index (Phi) is 4.69. The Bertz CT molecular complexity index is 1100. The lowest BCUT2D eigenvalue weighted by molar-refractivity contribution is -0.384. The Labute approximate surface area is 152 Å². The zero-order valence-corrected chi connectivity index (χ0v) is 13.9. The predicted octanol–water partition coefficient (Wildman–Crippen LogP) is 4.28. The Morgan fingerprint density at radius 2 is 2.08 bits per heavy atom. The summed E-state index contributed by atoms with van der Waals surface area (Å²) < 4.78 is 0.